The van der Waals surface area contributed by atoms with Crippen LogP contribution in [0.5, 0.6) is 17.2 Å². The smallest absolute Gasteiger partial charge is 0.277 e. The van der Waals surface area contributed by atoms with Crippen molar-refractivity contribution in [2.45, 2.75) is 26.9 Å². The molecule has 162 valence electrons. The van der Waals surface area contributed by atoms with E-state index >= 15 is 0 Å². The third-order valence-corrected chi connectivity index (χ3v) is 4.63. The summed E-state index contributed by atoms with van der Waals surface area (Å²) in [6, 6.07) is 13.0. The molecule has 0 unspecified atom stereocenters. The summed E-state index contributed by atoms with van der Waals surface area (Å²) in [5.74, 6) is 1.40. The SMILES string of the molecule is CCOc1cc(/C=N\NC(=O)COc2cccc3cccnc23)cc(Br)c1OC(C)C. The molecular formula is C23H24BrN3O4. The zero-order chi connectivity index (χ0) is 22.2. The largest absolute Gasteiger partial charge is 0.490 e. The molecule has 0 aliphatic heterocycles. The minimum absolute atomic E-state index is 0.00578. The normalized spacial score (nSPS) is 11.1. The van der Waals surface area contributed by atoms with Crippen molar-refractivity contribution in [2.24, 2.45) is 5.10 Å². The number of aromatic nitrogens is 1. The number of carbonyl (C=O) groups excluding carboxylic acids is 1. The molecule has 0 bridgehead atoms. The highest BCUT2D eigenvalue weighted by atomic mass is 79.9. The number of amides is 1. The van der Waals surface area contributed by atoms with E-state index in [0.717, 1.165) is 15.4 Å². The van der Waals surface area contributed by atoms with Crippen LogP contribution in [0.4, 0.5) is 0 Å². The van der Waals surface area contributed by atoms with Crippen LogP contribution in [-0.2, 0) is 4.79 Å². The lowest BCUT2D eigenvalue weighted by Crippen LogP contribution is -2.24. The van der Waals surface area contributed by atoms with Gasteiger partial charge < -0.3 is 14.2 Å². The monoisotopic (exact) mass is 485 g/mol. The van der Waals surface area contributed by atoms with Gasteiger partial charge in [-0.05, 0) is 66.5 Å². The summed E-state index contributed by atoms with van der Waals surface area (Å²) < 4.78 is 17.9. The molecule has 0 saturated heterocycles. The Labute approximate surface area is 189 Å². The van der Waals surface area contributed by atoms with Crippen LogP contribution in [-0.4, -0.2) is 36.4 Å². The number of benzene rings is 2. The van der Waals surface area contributed by atoms with Crippen molar-refractivity contribution in [1.82, 2.24) is 10.4 Å². The number of pyridine rings is 1. The number of para-hydroxylation sites is 1. The molecule has 1 aromatic heterocycles. The first-order chi connectivity index (χ1) is 15.0. The molecule has 3 aromatic rings. The van der Waals surface area contributed by atoms with Gasteiger partial charge in [-0.1, -0.05) is 18.2 Å². The molecule has 0 radical (unpaired) electrons. The van der Waals surface area contributed by atoms with Crippen LogP contribution in [0.1, 0.15) is 26.3 Å². The maximum absolute atomic E-state index is 12.1. The van der Waals surface area contributed by atoms with Crippen molar-refractivity contribution in [1.29, 1.82) is 0 Å². The fraction of sp³-hybridized carbons (Fsp3) is 0.261. The minimum Gasteiger partial charge on any atom is -0.490 e. The van der Waals surface area contributed by atoms with E-state index in [2.05, 4.69) is 31.4 Å². The van der Waals surface area contributed by atoms with E-state index in [9.17, 15) is 4.79 Å². The second-order valence-corrected chi connectivity index (χ2v) is 7.70. The van der Waals surface area contributed by atoms with Crippen LogP contribution < -0.4 is 19.6 Å². The third-order valence-electron chi connectivity index (χ3n) is 4.04. The zero-order valence-electron chi connectivity index (χ0n) is 17.6. The summed E-state index contributed by atoms with van der Waals surface area (Å²) in [5, 5.41) is 4.96. The molecule has 0 atom stereocenters. The first-order valence-electron chi connectivity index (χ1n) is 9.89. The van der Waals surface area contributed by atoms with Gasteiger partial charge in [0.25, 0.3) is 5.91 Å². The summed E-state index contributed by atoms with van der Waals surface area (Å²) in [4.78, 5) is 16.4. The van der Waals surface area contributed by atoms with Gasteiger partial charge in [-0.3, -0.25) is 9.78 Å². The standard InChI is InChI=1S/C23H24BrN3O4/c1-4-29-20-12-16(11-18(24)23(20)31-15(2)3)13-26-27-21(28)14-30-19-9-5-7-17-8-6-10-25-22(17)19/h5-13,15H,4,14H2,1-3H3,(H,27,28)/b26-13-. The Morgan fingerprint density at radius 1 is 1.19 bits per heavy atom. The molecule has 0 aliphatic carbocycles. The second kappa shape index (κ2) is 10.8. The molecule has 31 heavy (non-hydrogen) atoms. The molecule has 3 rings (SSSR count). The molecule has 1 N–H and O–H groups in total. The van der Waals surface area contributed by atoms with Gasteiger partial charge >= 0.3 is 0 Å². The number of fused-ring (bicyclic) bond motifs is 1. The number of rotatable bonds is 9. The predicted octanol–water partition coefficient (Wildman–Crippen LogP) is 4.71. The quantitative estimate of drug-likeness (QED) is 0.350. The fourth-order valence-corrected chi connectivity index (χ4v) is 3.38. The summed E-state index contributed by atoms with van der Waals surface area (Å²) >= 11 is 3.51. The molecule has 7 nitrogen and oxygen atoms in total. The molecule has 2 aromatic carbocycles. The minimum atomic E-state index is -0.381. The van der Waals surface area contributed by atoms with Gasteiger partial charge in [0.1, 0.15) is 11.3 Å². The van der Waals surface area contributed by atoms with Gasteiger partial charge in [-0.25, -0.2) is 5.43 Å². The van der Waals surface area contributed by atoms with Crippen LogP contribution >= 0.6 is 15.9 Å². The number of nitrogens with zero attached hydrogens (tertiary/aromatic N) is 2. The van der Waals surface area contributed by atoms with Crippen molar-refractivity contribution in [3.05, 3.63) is 58.7 Å². The molecule has 8 heteroatoms. The van der Waals surface area contributed by atoms with Crippen LogP contribution in [0.2, 0.25) is 0 Å². The van der Waals surface area contributed by atoms with E-state index in [1.54, 1.807) is 18.3 Å². The summed E-state index contributed by atoms with van der Waals surface area (Å²) in [6.07, 6.45) is 3.22. The van der Waals surface area contributed by atoms with E-state index < -0.39 is 0 Å². The van der Waals surface area contributed by atoms with Crippen molar-refractivity contribution >= 4 is 39.0 Å². The van der Waals surface area contributed by atoms with E-state index in [1.165, 1.54) is 6.21 Å². The number of nitrogens with one attached hydrogen (secondary N) is 1. The van der Waals surface area contributed by atoms with Crippen molar-refractivity contribution in [3.63, 3.8) is 0 Å². The summed E-state index contributed by atoms with van der Waals surface area (Å²) in [5.41, 5.74) is 3.91. The first-order valence-corrected chi connectivity index (χ1v) is 10.7. The maximum atomic E-state index is 12.1. The summed E-state index contributed by atoms with van der Waals surface area (Å²) in [7, 11) is 0. The van der Waals surface area contributed by atoms with Gasteiger partial charge in [0, 0.05) is 11.6 Å². The highest BCUT2D eigenvalue weighted by Crippen LogP contribution is 2.37. The summed E-state index contributed by atoms with van der Waals surface area (Å²) in [6.45, 7) is 6.12. The Morgan fingerprint density at radius 2 is 2.00 bits per heavy atom. The van der Waals surface area contributed by atoms with E-state index in [0.29, 0.717) is 29.4 Å². The molecule has 0 saturated carbocycles. The number of hydrazone groups is 1. The predicted molar refractivity (Wildman–Crippen MR) is 124 cm³/mol. The van der Waals surface area contributed by atoms with Gasteiger partial charge in [0.15, 0.2) is 18.1 Å². The Morgan fingerprint density at radius 3 is 2.77 bits per heavy atom. The topological polar surface area (TPSA) is 82.0 Å². The fourth-order valence-electron chi connectivity index (χ4n) is 2.82. The molecule has 0 fully saturated rings. The lowest BCUT2D eigenvalue weighted by Gasteiger charge is -2.16. The Hall–Kier alpha value is -3.13. The maximum Gasteiger partial charge on any atom is 0.277 e. The van der Waals surface area contributed by atoms with E-state index in [1.807, 2.05) is 51.1 Å². The van der Waals surface area contributed by atoms with Crippen molar-refractivity contribution < 1.29 is 19.0 Å². The van der Waals surface area contributed by atoms with Crippen LogP contribution in [0.3, 0.4) is 0 Å². The average Bonchev–Trinajstić information content (AvgIpc) is 2.74. The number of hydrogen-bond donors (Lipinski definition) is 1. The van der Waals surface area contributed by atoms with Gasteiger partial charge in [0.05, 0.1) is 23.4 Å². The lowest BCUT2D eigenvalue weighted by molar-refractivity contribution is -0.123. The zero-order valence-corrected chi connectivity index (χ0v) is 19.2. The van der Waals surface area contributed by atoms with Crippen molar-refractivity contribution in [3.8, 4) is 17.2 Å². The molecule has 0 aliphatic rings. The van der Waals surface area contributed by atoms with E-state index in [-0.39, 0.29) is 18.6 Å². The van der Waals surface area contributed by atoms with Gasteiger partial charge in [0.2, 0.25) is 0 Å². The second-order valence-electron chi connectivity index (χ2n) is 6.84. The molecule has 1 amide bonds. The Kier molecular flexibility index (Phi) is 7.83. The molecule has 1 heterocycles. The number of ether oxygens (including phenoxy) is 3. The highest BCUT2D eigenvalue weighted by Gasteiger charge is 2.13. The van der Waals surface area contributed by atoms with Crippen LogP contribution in [0.25, 0.3) is 10.9 Å². The van der Waals surface area contributed by atoms with Gasteiger partial charge in [-0.15, -0.1) is 0 Å². The molecule has 0 spiro atoms. The highest BCUT2D eigenvalue weighted by molar-refractivity contribution is 9.10. The van der Waals surface area contributed by atoms with E-state index in [4.69, 9.17) is 14.2 Å². The number of hydrogen-bond acceptors (Lipinski definition) is 6. The van der Waals surface area contributed by atoms with Crippen molar-refractivity contribution in [2.75, 3.05) is 13.2 Å². The molecular weight excluding hydrogens is 462 g/mol. The lowest BCUT2D eigenvalue weighted by atomic mass is 10.2. The Bertz CT molecular complexity index is 1080. The number of halogens is 1. The first kappa shape index (κ1) is 22.6. The average molecular weight is 486 g/mol. The van der Waals surface area contributed by atoms with Crippen LogP contribution in [0, 0.1) is 0 Å². The van der Waals surface area contributed by atoms with Crippen LogP contribution in [0.15, 0.2) is 58.2 Å². The number of carbonyl (C=O) groups is 1. The Balaban J connectivity index is 1.62. The third kappa shape index (κ3) is 6.18. The van der Waals surface area contributed by atoms with Gasteiger partial charge in [-0.2, -0.15) is 5.10 Å².